The minimum absolute atomic E-state index is 0. The van der Waals surface area contributed by atoms with Crippen LogP contribution in [0.4, 0.5) is 0 Å². The second-order valence-electron chi connectivity index (χ2n) is 8.14. The standard InChI is InChI=1S/C26H29N5O2.CH4/c1-17(2)27-9-8-23(19-10-21(32-4)13-22(11-19)33-5)18-6-7-24-25(12-18)30-26(15-28-24)20-14-29-31(3)16-20;/h6-8,10-17,27H,9H2,1-5H3;1H4/b23-8+;. The van der Waals surface area contributed by atoms with Crippen LogP contribution in [0.15, 0.2) is 61.1 Å². The number of methoxy groups -OCH3 is 2. The number of aryl methyl sites for hydroxylation is 1. The van der Waals surface area contributed by atoms with Crippen molar-refractivity contribution in [2.24, 2.45) is 7.05 Å². The average Bonchev–Trinajstić information content (AvgIpc) is 3.26. The topological polar surface area (TPSA) is 74.1 Å². The Bertz CT molecular complexity index is 1270. The summed E-state index contributed by atoms with van der Waals surface area (Å²) in [7, 11) is 5.21. The van der Waals surface area contributed by atoms with Crippen molar-refractivity contribution in [1.29, 1.82) is 0 Å². The molecule has 4 aromatic rings. The Morgan fingerprint density at radius 2 is 1.74 bits per heavy atom. The second kappa shape index (κ2) is 10.9. The highest BCUT2D eigenvalue weighted by atomic mass is 16.5. The fourth-order valence-electron chi connectivity index (χ4n) is 3.63. The molecule has 2 aromatic heterocycles. The summed E-state index contributed by atoms with van der Waals surface area (Å²) in [4.78, 5) is 9.47. The average molecular weight is 460 g/mol. The number of benzene rings is 2. The molecule has 0 fully saturated rings. The molecule has 0 saturated carbocycles. The van der Waals surface area contributed by atoms with Crippen molar-refractivity contribution >= 4 is 16.6 Å². The molecule has 0 amide bonds. The third-order valence-electron chi connectivity index (χ3n) is 5.35. The molecule has 0 saturated heterocycles. The van der Waals surface area contributed by atoms with Gasteiger partial charge in [-0.25, -0.2) is 4.98 Å². The van der Waals surface area contributed by atoms with Crippen LogP contribution in [0.5, 0.6) is 11.5 Å². The zero-order chi connectivity index (χ0) is 23.4. The summed E-state index contributed by atoms with van der Waals surface area (Å²) >= 11 is 0. The van der Waals surface area contributed by atoms with Crippen LogP contribution in [0.1, 0.15) is 32.4 Å². The quantitative estimate of drug-likeness (QED) is 0.395. The summed E-state index contributed by atoms with van der Waals surface area (Å²) in [5.74, 6) is 1.48. The molecule has 0 radical (unpaired) electrons. The number of aromatic nitrogens is 4. The van der Waals surface area contributed by atoms with Gasteiger partial charge < -0.3 is 14.8 Å². The summed E-state index contributed by atoms with van der Waals surface area (Å²) in [6.07, 6.45) is 7.71. The van der Waals surface area contributed by atoms with Crippen molar-refractivity contribution < 1.29 is 9.47 Å². The minimum atomic E-state index is 0. The molecule has 34 heavy (non-hydrogen) atoms. The first kappa shape index (κ1) is 24.9. The Morgan fingerprint density at radius 1 is 1.00 bits per heavy atom. The van der Waals surface area contributed by atoms with E-state index in [1.807, 2.05) is 37.5 Å². The van der Waals surface area contributed by atoms with E-state index in [2.05, 4.69) is 47.5 Å². The molecule has 7 heteroatoms. The van der Waals surface area contributed by atoms with Crippen molar-refractivity contribution in [2.75, 3.05) is 20.8 Å². The van der Waals surface area contributed by atoms with Crippen LogP contribution < -0.4 is 14.8 Å². The molecule has 0 bridgehead atoms. The predicted molar refractivity (Wildman–Crippen MR) is 138 cm³/mol. The zero-order valence-electron chi connectivity index (χ0n) is 19.7. The zero-order valence-corrected chi connectivity index (χ0v) is 19.7. The van der Waals surface area contributed by atoms with E-state index >= 15 is 0 Å². The predicted octanol–water partition coefficient (Wildman–Crippen LogP) is 5.11. The summed E-state index contributed by atoms with van der Waals surface area (Å²) in [6, 6.07) is 12.5. The lowest BCUT2D eigenvalue weighted by Crippen LogP contribution is -2.22. The van der Waals surface area contributed by atoms with Crippen LogP contribution in [0.2, 0.25) is 0 Å². The van der Waals surface area contributed by atoms with E-state index in [9.17, 15) is 0 Å². The van der Waals surface area contributed by atoms with Gasteiger partial charge in [-0.3, -0.25) is 9.67 Å². The van der Waals surface area contributed by atoms with E-state index in [0.717, 1.165) is 57.0 Å². The molecule has 7 nitrogen and oxygen atoms in total. The van der Waals surface area contributed by atoms with Crippen molar-refractivity contribution in [3.05, 3.63) is 72.2 Å². The molecule has 178 valence electrons. The number of rotatable bonds is 8. The fourth-order valence-corrected chi connectivity index (χ4v) is 3.63. The highest BCUT2D eigenvalue weighted by Gasteiger charge is 2.12. The Labute approximate surface area is 201 Å². The van der Waals surface area contributed by atoms with Crippen molar-refractivity contribution in [3.63, 3.8) is 0 Å². The fraction of sp³-hybridized carbons (Fsp3) is 0.296. The largest absolute Gasteiger partial charge is 0.497 e. The lowest BCUT2D eigenvalue weighted by Gasteiger charge is -2.14. The normalized spacial score (nSPS) is 11.5. The summed E-state index contributed by atoms with van der Waals surface area (Å²) in [5.41, 5.74) is 6.51. The molecular weight excluding hydrogens is 426 g/mol. The smallest absolute Gasteiger partial charge is 0.123 e. The van der Waals surface area contributed by atoms with Gasteiger partial charge in [0.1, 0.15) is 11.5 Å². The molecular formula is C27H33N5O2. The maximum atomic E-state index is 5.51. The van der Waals surface area contributed by atoms with Gasteiger partial charge in [0, 0.05) is 37.5 Å². The SMILES string of the molecule is C.COc1cc(OC)cc(/C(=C/CNC(C)C)c2ccc3ncc(-c4cnn(C)c4)nc3c2)c1. The van der Waals surface area contributed by atoms with E-state index in [-0.39, 0.29) is 7.43 Å². The van der Waals surface area contributed by atoms with Gasteiger partial charge in [0.25, 0.3) is 0 Å². The van der Waals surface area contributed by atoms with Gasteiger partial charge in [-0.2, -0.15) is 5.10 Å². The van der Waals surface area contributed by atoms with Crippen LogP contribution in [0, 0.1) is 0 Å². The number of fused-ring (bicyclic) bond motifs is 1. The van der Waals surface area contributed by atoms with E-state index < -0.39 is 0 Å². The highest BCUT2D eigenvalue weighted by Crippen LogP contribution is 2.32. The van der Waals surface area contributed by atoms with Crippen LogP contribution in [0.3, 0.4) is 0 Å². The van der Waals surface area contributed by atoms with Gasteiger partial charge in [0.2, 0.25) is 0 Å². The minimum Gasteiger partial charge on any atom is -0.497 e. The molecule has 4 rings (SSSR count). The van der Waals surface area contributed by atoms with Gasteiger partial charge in [-0.05, 0) is 41.0 Å². The Hall–Kier alpha value is -3.71. The number of hydrogen-bond acceptors (Lipinski definition) is 6. The summed E-state index contributed by atoms with van der Waals surface area (Å²) in [6.45, 7) is 4.99. The van der Waals surface area contributed by atoms with E-state index in [1.54, 1.807) is 31.3 Å². The molecule has 0 aliphatic rings. The lowest BCUT2D eigenvalue weighted by atomic mass is 9.96. The Morgan fingerprint density at radius 3 is 2.35 bits per heavy atom. The van der Waals surface area contributed by atoms with Crippen LogP contribution in [-0.4, -0.2) is 46.6 Å². The number of nitrogens with one attached hydrogen (secondary N) is 1. The molecule has 2 heterocycles. The molecule has 2 aromatic carbocycles. The third-order valence-corrected chi connectivity index (χ3v) is 5.35. The molecule has 0 aliphatic heterocycles. The monoisotopic (exact) mass is 459 g/mol. The lowest BCUT2D eigenvalue weighted by molar-refractivity contribution is 0.394. The first-order valence-corrected chi connectivity index (χ1v) is 10.9. The maximum Gasteiger partial charge on any atom is 0.123 e. The maximum absolute atomic E-state index is 5.51. The van der Waals surface area contributed by atoms with Crippen molar-refractivity contribution in [2.45, 2.75) is 27.3 Å². The number of nitrogens with zero attached hydrogens (tertiary/aromatic N) is 4. The van der Waals surface area contributed by atoms with Gasteiger partial charge in [0.05, 0.1) is 43.3 Å². The molecule has 0 aliphatic carbocycles. The first-order valence-electron chi connectivity index (χ1n) is 10.9. The molecule has 0 spiro atoms. The van der Waals surface area contributed by atoms with Gasteiger partial charge in [0.15, 0.2) is 0 Å². The van der Waals surface area contributed by atoms with E-state index in [1.165, 1.54) is 0 Å². The molecule has 1 N–H and O–H groups in total. The van der Waals surface area contributed by atoms with Gasteiger partial charge in [-0.1, -0.05) is 33.4 Å². The van der Waals surface area contributed by atoms with Crippen LogP contribution >= 0.6 is 0 Å². The first-order chi connectivity index (χ1) is 16.0. The second-order valence-corrected chi connectivity index (χ2v) is 8.14. The number of hydrogen-bond donors (Lipinski definition) is 1. The molecule has 0 unspecified atom stereocenters. The molecule has 0 atom stereocenters. The van der Waals surface area contributed by atoms with E-state index in [4.69, 9.17) is 14.5 Å². The highest BCUT2D eigenvalue weighted by molar-refractivity contribution is 5.87. The third kappa shape index (κ3) is 5.61. The van der Waals surface area contributed by atoms with Crippen molar-refractivity contribution in [1.82, 2.24) is 25.1 Å². The number of ether oxygens (including phenoxy) is 2. The van der Waals surface area contributed by atoms with Gasteiger partial charge in [-0.15, -0.1) is 0 Å². The van der Waals surface area contributed by atoms with Crippen molar-refractivity contribution in [3.8, 4) is 22.8 Å². The summed E-state index contributed by atoms with van der Waals surface area (Å²) in [5, 5.41) is 7.71. The van der Waals surface area contributed by atoms with Crippen LogP contribution in [-0.2, 0) is 7.05 Å². The Balaban J connectivity index is 0.00000324. The van der Waals surface area contributed by atoms with Crippen LogP contribution in [0.25, 0.3) is 27.9 Å². The summed E-state index contributed by atoms with van der Waals surface area (Å²) < 4.78 is 12.8. The van der Waals surface area contributed by atoms with E-state index in [0.29, 0.717) is 6.04 Å². The Kier molecular flexibility index (Phi) is 8.02. The van der Waals surface area contributed by atoms with Gasteiger partial charge >= 0.3 is 0 Å².